The van der Waals surface area contributed by atoms with Gasteiger partial charge in [-0.3, -0.25) is 10.1 Å². The molecule has 0 aliphatic rings. The largest absolute Gasteiger partial charge is 0.296 e. The second-order valence-electron chi connectivity index (χ2n) is 4.96. The second kappa shape index (κ2) is 7.92. The highest BCUT2D eigenvalue weighted by molar-refractivity contribution is 8.01. The normalized spacial score (nSPS) is 10.2. The fourth-order valence-electron chi connectivity index (χ4n) is 2.34. The molecule has 3 rings (SSSR count). The van der Waals surface area contributed by atoms with Crippen molar-refractivity contribution in [3.63, 3.8) is 0 Å². The van der Waals surface area contributed by atoms with Crippen molar-refractivity contribution in [2.24, 2.45) is 0 Å². The third-order valence-electron chi connectivity index (χ3n) is 3.40. The summed E-state index contributed by atoms with van der Waals surface area (Å²) in [6.45, 7) is 2.03. The summed E-state index contributed by atoms with van der Waals surface area (Å²) < 4.78 is 0.820. The molecule has 0 aliphatic carbocycles. The number of nitriles is 1. The fourth-order valence-corrected chi connectivity index (χ4v) is 3.98. The Hall–Kier alpha value is -2.69. The van der Waals surface area contributed by atoms with Gasteiger partial charge in [0, 0.05) is 11.1 Å². The van der Waals surface area contributed by atoms with Crippen LogP contribution >= 0.6 is 23.1 Å². The zero-order valence-corrected chi connectivity index (χ0v) is 15.0. The van der Waals surface area contributed by atoms with E-state index in [1.807, 2.05) is 31.2 Å². The van der Waals surface area contributed by atoms with Crippen LogP contribution in [-0.2, 0) is 0 Å². The lowest BCUT2D eigenvalue weighted by molar-refractivity contribution is 0.102. The Kier molecular flexibility index (Phi) is 5.43. The summed E-state index contributed by atoms with van der Waals surface area (Å²) in [5.41, 5.74) is 2.46. The molecule has 1 amide bonds. The molecule has 0 aliphatic heterocycles. The zero-order valence-electron chi connectivity index (χ0n) is 13.4. The van der Waals surface area contributed by atoms with E-state index in [-0.39, 0.29) is 5.91 Å². The van der Waals surface area contributed by atoms with E-state index in [1.165, 1.54) is 11.3 Å². The van der Waals surface area contributed by atoms with Crippen LogP contribution in [0, 0.1) is 11.3 Å². The van der Waals surface area contributed by atoms with Gasteiger partial charge in [-0.25, -0.2) is 0 Å². The molecule has 124 valence electrons. The van der Waals surface area contributed by atoms with Gasteiger partial charge in [0.1, 0.15) is 0 Å². The van der Waals surface area contributed by atoms with Crippen LogP contribution in [0.25, 0.3) is 11.1 Å². The lowest BCUT2D eigenvalue weighted by Gasteiger charge is -2.10. The molecule has 1 heterocycles. The highest BCUT2D eigenvalue weighted by Gasteiger charge is 2.16. The summed E-state index contributed by atoms with van der Waals surface area (Å²) in [6.07, 6.45) is 0. The number of hydrogen-bond acceptors (Lipinski definition) is 6. The first-order chi connectivity index (χ1) is 12.2. The van der Waals surface area contributed by atoms with Gasteiger partial charge >= 0.3 is 0 Å². The lowest BCUT2D eigenvalue weighted by Crippen LogP contribution is -2.13. The number of hydrogen-bond donors (Lipinski definition) is 1. The van der Waals surface area contributed by atoms with Gasteiger partial charge in [0.15, 0.2) is 4.34 Å². The number of carbonyl (C=O) groups excluding carboxylic acids is 1. The molecule has 3 aromatic rings. The van der Waals surface area contributed by atoms with Crippen LogP contribution in [-0.4, -0.2) is 21.9 Å². The molecule has 2 aromatic carbocycles. The van der Waals surface area contributed by atoms with Gasteiger partial charge in [-0.2, -0.15) is 5.26 Å². The second-order valence-corrected chi connectivity index (χ2v) is 7.45. The van der Waals surface area contributed by atoms with Crippen molar-refractivity contribution < 1.29 is 4.79 Å². The molecule has 0 radical (unpaired) electrons. The summed E-state index contributed by atoms with van der Waals surface area (Å²) in [5, 5.41) is 20.6. The minimum absolute atomic E-state index is 0.271. The predicted octanol–water partition coefficient (Wildman–Crippen LogP) is 4.44. The van der Waals surface area contributed by atoms with Crippen LogP contribution in [0.15, 0.2) is 52.9 Å². The van der Waals surface area contributed by atoms with Gasteiger partial charge in [-0.15, -0.1) is 10.2 Å². The molecule has 0 saturated carbocycles. The molecule has 0 saturated heterocycles. The molecule has 0 bridgehead atoms. The summed E-state index contributed by atoms with van der Waals surface area (Å²) in [6, 6.07) is 16.6. The van der Waals surface area contributed by atoms with Crippen LogP contribution in [0.2, 0.25) is 0 Å². The summed E-state index contributed by atoms with van der Waals surface area (Å²) in [5.74, 6) is 0.628. The van der Waals surface area contributed by atoms with Gasteiger partial charge in [-0.1, -0.05) is 66.4 Å². The zero-order chi connectivity index (χ0) is 17.6. The molecular weight excluding hydrogens is 352 g/mol. The third kappa shape index (κ3) is 3.87. The number of nitrogens with one attached hydrogen (secondary N) is 1. The van der Waals surface area contributed by atoms with E-state index in [1.54, 1.807) is 36.0 Å². The minimum atomic E-state index is -0.271. The van der Waals surface area contributed by atoms with Crippen LogP contribution in [0.5, 0.6) is 0 Å². The number of carbonyl (C=O) groups is 1. The van der Waals surface area contributed by atoms with Crippen molar-refractivity contribution in [1.29, 1.82) is 5.26 Å². The summed E-state index contributed by atoms with van der Waals surface area (Å²) >= 11 is 2.93. The first kappa shape index (κ1) is 17.1. The highest BCUT2D eigenvalue weighted by atomic mass is 32.2. The summed E-state index contributed by atoms with van der Waals surface area (Å²) in [4.78, 5) is 12.7. The fraction of sp³-hybridized carbons (Fsp3) is 0.111. The monoisotopic (exact) mass is 366 g/mol. The maximum Gasteiger partial charge on any atom is 0.258 e. The standard InChI is InChI=1S/C18H14N4OS2/c1-2-24-18-22-21-17(25-18)20-16(23)15-10-6-5-9-14(15)13-8-4-3-7-12(13)11-19/h3-10H,2H2,1H3,(H,20,21,23). The molecule has 1 N–H and O–H groups in total. The van der Waals surface area contributed by atoms with Gasteiger partial charge in [0.25, 0.3) is 5.91 Å². The molecule has 0 atom stereocenters. The topological polar surface area (TPSA) is 78.7 Å². The number of nitrogens with zero attached hydrogens (tertiary/aromatic N) is 3. The molecule has 1 aromatic heterocycles. The Morgan fingerprint density at radius 1 is 1.16 bits per heavy atom. The van der Waals surface area contributed by atoms with E-state index in [4.69, 9.17) is 0 Å². The van der Waals surface area contributed by atoms with Crippen LogP contribution in [0.3, 0.4) is 0 Å². The molecule has 0 unspecified atom stereocenters. The number of rotatable bonds is 5. The quantitative estimate of drug-likeness (QED) is 0.533. The Labute approximate surface area is 153 Å². The molecule has 0 fully saturated rings. The first-order valence-electron chi connectivity index (χ1n) is 7.59. The Morgan fingerprint density at radius 2 is 1.88 bits per heavy atom. The van der Waals surface area contributed by atoms with Gasteiger partial charge < -0.3 is 0 Å². The minimum Gasteiger partial charge on any atom is -0.296 e. The third-order valence-corrected chi connectivity index (χ3v) is 5.26. The van der Waals surface area contributed by atoms with E-state index >= 15 is 0 Å². The smallest absolute Gasteiger partial charge is 0.258 e. The Morgan fingerprint density at radius 3 is 2.64 bits per heavy atom. The van der Waals surface area contributed by atoms with Crippen molar-refractivity contribution in [3.8, 4) is 17.2 Å². The van der Waals surface area contributed by atoms with Crippen LogP contribution < -0.4 is 5.32 Å². The predicted molar refractivity (Wildman–Crippen MR) is 101 cm³/mol. The van der Waals surface area contributed by atoms with Gasteiger partial charge in [-0.05, 0) is 23.4 Å². The molecule has 25 heavy (non-hydrogen) atoms. The van der Waals surface area contributed by atoms with Crippen molar-refractivity contribution in [3.05, 3.63) is 59.7 Å². The number of anilines is 1. The average molecular weight is 366 g/mol. The number of thioether (sulfide) groups is 1. The SMILES string of the molecule is CCSc1nnc(NC(=O)c2ccccc2-c2ccccc2C#N)s1. The van der Waals surface area contributed by atoms with E-state index < -0.39 is 0 Å². The molecular formula is C18H14N4OS2. The summed E-state index contributed by atoms with van der Waals surface area (Å²) in [7, 11) is 0. The van der Waals surface area contributed by atoms with Crippen molar-refractivity contribution in [1.82, 2.24) is 10.2 Å². The average Bonchev–Trinajstić information content (AvgIpc) is 3.09. The highest BCUT2D eigenvalue weighted by Crippen LogP contribution is 2.29. The Balaban J connectivity index is 1.92. The molecule has 7 heteroatoms. The van der Waals surface area contributed by atoms with Crippen molar-refractivity contribution in [2.45, 2.75) is 11.3 Å². The van der Waals surface area contributed by atoms with E-state index in [0.29, 0.717) is 21.8 Å². The molecule has 5 nitrogen and oxygen atoms in total. The van der Waals surface area contributed by atoms with E-state index in [9.17, 15) is 10.1 Å². The number of amides is 1. The van der Waals surface area contributed by atoms with Crippen LogP contribution in [0.4, 0.5) is 5.13 Å². The number of benzene rings is 2. The van der Waals surface area contributed by atoms with Crippen LogP contribution in [0.1, 0.15) is 22.8 Å². The van der Waals surface area contributed by atoms with E-state index in [2.05, 4.69) is 21.6 Å². The van der Waals surface area contributed by atoms with Crippen molar-refractivity contribution in [2.75, 3.05) is 11.1 Å². The van der Waals surface area contributed by atoms with Gasteiger partial charge in [0.2, 0.25) is 5.13 Å². The van der Waals surface area contributed by atoms with Gasteiger partial charge in [0.05, 0.1) is 11.6 Å². The van der Waals surface area contributed by atoms with E-state index in [0.717, 1.165) is 15.7 Å². The Bertz CT molecular complexity index is 946. The maximum absolute atomic E-state index is 12.7. The lowest BCUT2D eigenvalue weighted by atomic mass is 9.95. The maximum atomic E-state index is 12.7. The van der Waals surface area contributed by atoms with Crippen molar-refractivity contribution >= 4 is 34.1 Å². The first-order valence-corrected chi connectivity index (χ1v) is 9.39. The molecule has 0 spiro atoms. The number of aromatic nitrogens is 2.